The Morgan fingerprint density at radius 3 is 2.86 bits per heavy atom. The second kappa shape index (κ2) is 5.49. The van der Waals surface area contributed by atoms with Crippen LogP contribution >= 0.6 is 11.3 Å². The van der Waals surface area contributed by atoms with Crippen LogP contribution in [0.5, 0.6) is 0 Å². The third kappa shape index (κ3) is 2.85. The van der Waals surface area contributed by atoms with Gasteiger partial charge in [0.2, 0.25) is 5.91 Å². The van der Waals surface area contributed by atoms with Gasteiger partial charge >= 0.3 is 0 Å². The lowest BCUT2D eigenvalue weighted by atomic mass is 9.95. The molecule has 0 saturated heterocycles. The summed E-state index contributed by atoms with van der Waals surface area (Å²) in [5.74, 6) is -0.0505. The fourth-order valence-electron chi connectivity index (χ4n) is 2.34. The molecule has 2 aromatic rings. The topological polar surface area (TPSA) is 72.2 Å². The maximum atomic E-state index is 11.9. The number of rotatable bonds is 3. The molecule has 0 fully saturated rings. The summed E-state index contributed by atoms with van der Waals surface area (Å²) in [7, 11) is 0. The highest BCUT2D eigenvalue weighted by Crippen LogP contribution is 2.32. The minimum Gasteiger partial charge on any atom is -0.326 e. The van der Waals surface area contributed by atoms with E-state index in [9.17, 15) is 14.9 Å². The molecule has 0 spiro atoms. The van der Waals surface area contributed by atoms with Gasteiger partial charge < -0.3 is 5.32 Å². The Balaban J connectivity index is 1.98. The van der Waals surface area contributed by atoms with Gasteiger partial charge in [-0.05, 0) is 11.4 Å². The molecule has 1 aliphatic heterocycles. The highest BCUT2D eigenvalue weighted by Gasteiger charge is 2.23. The number of thiophene rings is 1. The minimum absolute atomic E-state index is 0.0147. The zero-order chi connectivity index (χ0) is 14.8. The van der Waals surface area contributed by atoms with Gasteiger partial charge in [-0.15, -0.1) is 11.3 Å². The monoisotopic (exact) mass is 300 g/mol. The van der Waals surface area contributed by atoms with Gasteiger partial charge in [0.1, 0.15) is 0 Å². The van der Waals surface area contributed by atoms with Gasteiger partial charge in [-0.3, -0.25) is 14.9 Å². The van der Waals surface area contributed by atoms with E-state index in [1.165, 1.54) is 12.1 Å². The zero-order valence-corrected chi connectivity index (χ0v) is 11.8. The third-order valence-electron chi connectivity index (χ3n) is 3.32. The number of carbonyl (C=O) groups excluding carboxylic acids is 1. The van der Waals surface area contributed by atoms with Crippen molar-refractivity contribution in [1.82, 2.24) is 5.32 Å². The maximum absolute atomic E-state index is 11.9. The Kier molecular flexibility index (Phi) is 3.53. The molecule has 1 N–H and O–H groups in total. The number of benzene rings is 1. The van der Waals surface area contributed by atoms with Crippen LogP contribution in [0.4, 0.5) is 5.69 Å². The van der Waals surface area contributed by atoms with E-state index in [2.05, 4.69) is 5.32 Å². The van der Waals surface area contributed by atoms with Gasteiger partial charge in [-0.2, -0.15) is 0 Å². The average Bonchev–Trinajstić information content (AvgIpc) is 3.01. The molecule has 106 valence electrons. The fraction of sp³-hybridized carbons (Fsp3) is 0.133. The lowest BCUT2D eigenvalue weighted by Crippen LogP contribution is -2.27. The second-order valence-corrected chi connectivity index (χ2v) is 5.74. The number of non-ortho nitro benzene ring substituents is 1. The number of hydrogen-bond donors (Lipinski definition) is 1. The first kappa shape index (κ1) is 13.5. The number of amides is 1. The summed E-state index contributed by atoms with van der Waals surface area (Å²) >= 11 is 1.60. The molecule has 0 saturated carbocycles. The molecule has 1 unspecified atom stereocenters. The normalized spacial score (nSPS) is 18.0. The van der Waals surface area contributed by atoms with Gasteiger partial charge in [0, 0.05) is 40.6 Å². The zero-order valence-electron chi connectivity index (χ0n) is 11.0. The largest absolute Gasteiger partial charge is 0.326 e. The molecular formula is C15H12N2O3S. The van der Waals surface area contributed by atoms with Crippen LogP contribution in [0.15, 0.2) is 47.9 Å². The summed E-state index contributed by atoms with van der Waals surface area (Å²) < 4.78 is 0. The second-order valence-electron chi connectivity index (χ2n) is 4.76. The van der Waals surface area contributed by atoms with Gasteiger partial charge in [-0.1, -0.05) is 24.3 Å². The van der Waals surface area contributed by atoms with Crippen LogP contribution in [0.25, 0.3) is 5.70 Å². The Morgan fingerprint density at radius 1 is 1.29 bits per heavy atom. The van der Waals surface area contributed by atoms with Crippen LogP contribution in [-0.4, -0.2) is 10.8 Å². The van der Waals surface area contributed by atoms with Crippen LogP contribution in [0.2, 0.25) is 0 Å². The molecule has 0 aliphatic carbocycles. The van der Waals surface area contributed by atoms with Crippen molar-refractivity contribution in [3.05, 3.63) is 68.4 Å². The van der Waals surface area contributed by atoms with Crippen molar-refractivity contribution < 1.29 is 9.72 Å². The Bertz CT molecular complexity index is 722. The first-order chi connectivity index (χ1) is 10.1. The van der Waals surface area contributed by atoms with E-state index >= 15 is 0 Å². The summed E-state index contributed by atoms with van der Waals surface area (Å²) in [6.45, 7) is 0. The van der Waals surface area contributed by atoms with E-state index < -0.39 is 4.92 Å². The lowest BCUT2D eigenvalue weighted by Gasteiger charge is -2.21. The summed E-state index contributed by atoms with van der Waals surface area (Å²) in [6.07, 6.45) is 2.37. The van der Waals surface area contributed by atoms with E-state index in [4.69, 9.17) is 0 Å². The summed E-state index contributed by atoms with van der Waals surface area (Å²) in [4.78, 5) is 23.4. The Morgan fingerprint density at radius 2 is 2.14 bits per heavy atom. The van der Waals surface area contributed by atoms with Gasteiger partial charge in [0.15, 0.2) is 0 Å². The molecule has 1 aromatic heterocycles. The third-order valence-corrected chi connectivity index (χ3v) is 4.33. The summed E-state index contributed by atoms with van der Waals surface area (Å²) in [6, 6.07) is 10.2. The quantitative estimate of drug-likeness (QED) is 0.698. The van der Waals surface area contributed by atoms with Crippen molar-refractivity contribution in [2.45, 2.75) is 12.3 Å². The molecule has 5 nitrogen and oxygen atoms in total. The first-order valence-electron chi connectivity index (χ1n) is 6.43. The Labute approximate surface area is 125 Å². The number of allylic oxidation sites excluding steroid dienone is 1. The molecule has 1 amide bonds. The standard InChI is InChI=1S/C15H12N2O3S/c18-15-9-11(14-5-2-6-21-14)8-13(16-15)10-3-1-4-12(7-10)17(19)20/h1-8,11H,9H2,(H,16,18). The van der Waals surface area contributed by atoms with Gasteiger partial charge in [0.25, 0.3) is 5.69 Å². The van der Waals surface area contributed by atoms with Crippen molar-refractivity contribution >= 4 is 28.6 Å². The van der Waals surface area contributed by atoms with Crippen LogP contribution in [0.3, 0.4) is 0 Å². The number of nitro groups is 1. The number of carbonyl (C=O) groups is 1. The molecular weight excluding hydrogens is 288 g/mol. The number of hydrogen-bond acceptors (Lipinski definition) is 4. The number of nitro benzene ring substituents is 1. The van der Waals surface area contributed by atoms with E-state index in [0.29, 0.717) is 17.7 Å². The van der Waals surface area contributed by atoms with Crippen molar-refractivity contribution in [2.75, 3.05) is 0 Å². The lowest BCUT2D eigenvalue weighted by molar-refractivity contribution is -0.384. The maximum Gasteiger partial charge on any atom is 0.270 e. The molecule has 1 aromatic carbocycles. The molecule has 21 heavy (non-hydrogen) atoms. The predicted molar refractivity (Wildman–Crippen MR) is 80.9 cm³/mol. The average molecular weight is 300 g/mol. The van der Waals surface area contributed by atoms with Crippen LogP contribution in [0, 0.1) is 10.1 Å². The van der Waals surface area contributed by atoms with Crippen LogP contribution in [-0.2, 0) is 4.79 Å². The molecule has 1 aliphatic rings. The van der Waals surface area contributed by atoms with Crippen LogP contribution < -0.4 is 5.32 Å². The highest BCUT2D eigenvalue weighted by molar-refractivity contribution is 7.10. The van der Waals surface area contributed by atoms with Gasteiger partial charge in [-0.25, -0.2) is 0 Å². The fourth-order valence-corrected chi connectivity index (χ4v) is 3.14. The van der Waals surface area contributed by atoms with E-state index in [0.717, 1.165) is 4.88 Å². The van der Waals surface area contributed by atoms with E-state index in [-0.39, 0.29) is 17.5 Å². The predicted octanol–water partition coefficient (Wildman–Crippen LogP) is 3.30. The minimum atomic E-state index is -0.439. The summed E-state index contributed by atoms with van der Waals surface area (Å²) in [5.41, 5.74) is 1.30. The molecule has 1 atom stereocenters. The highest BCUT2D eigenvalue weighted by atomic mass is 32.1. The van der Waals surface area contributed by atoms with Crippen molar-refractivity contribution in [1.29, 1.82) is 0 Å². The van der Waals surface area contributed by atoms with E-state index in [1.54, 1.807) is 23.5 Å². The summed E-state index contributed by atoms with van der Waals surface area (Å²) in [5, 5.41) is 15.6. The smallest absolute Gasteiger partial charge is 0.270 e. The number of nitrogens with zero attached hydrogens (tertiary/aromatic N) is 1. The van der Waals surface area contributed by atoms with Gasteiger partial charge in [0.05, 0.1) is 4.92 Å². The van der Waals surface area contributed by atoms with Crippen molar-refractivity contribution in [3.8, 4) is 0 Å². The Hall–Kier alpha value is -2.47. The molecule has 0 radical (unpaired) electrons. The number of nitrogens with one attached hydrogen (secondary N) is 1. The molecule has 0 bridgehead atoms. The van der Waals surface area contributed by atoms with Crippen molar-refractivity contribution in [2.24, 2.45) is 0 Å². The molecule has 3 rings (SSSR count). The van der Waals surface area contributed by atoms with E-state index in [1.807, 2.05) is 23.6 Å². The molecule has 6 heteroatoms. The SMILES string of the molecule is O=C1CC(c2cccs2)C=C(c2cccc([N+](=O)[O-])c2)N1. The first-order valence-corrected chi connectivity index (χ1v) is 7.31. The van der Waals surface area contributed by atoms with Crippen LogP contribution in [0.1, 0.15) is 22.8 Å². The van der Waals surface area contributed by atoms with Crippen molar-refractivity contribution in [3.63, 3.8) is 0 Å². The molecule has 2 heterocycles.